The van der Waals surface area contributed by atoms with E-state index in [9.17, 15) is 5.11 Å². The molecule has 2 aromatic rings. The largest absolute Gasteiger partial charge is 0.507 e. The fourth-order valence-corrected chi connectivity index (χ4v) is 2.14. The van der Waals surface area contributed by atoms with Gasteiger partial charge in [0.25, 0.3) is 0 Å². The zero-order valence-electron chi connectivity index (χ0n) is 12.3. The summed E-state index contributed by atoms with van der Waals surface area (Å²) in [5.74, 6) is 0.933. The Hall–Kier alpha value is -2.16. The van der Waals surface area contributed by atoms with Crippen LogP contribution in [0.4, 0.5) is 5.69 Å². The average Bonchev–Trinajstić information content (AvgIpc) is 2.49. The van der Waals surface area contributed by atoms with Gasteiger partial charge in [0.1, 0.15) is 11.5 Å². The summed E-state index contributed by atoms with van der Waals surface area (Å²) in [6.07, 6.45) is 1.04. The van der Waals surface area contributed by atoms with Gasteiger partial charge in [-0.3, -0.25) is 0 Å². The first kappa shape index (κ1) is 14.3. The van der Waals surface area contributed by atoms with Crippen LogP contribution in [-0.2, 0) is 13.0 Å². The van der Waals surface area contributed by atoms with Crippen molar-refractivity contribution in [2.45, 2.75) is 19.9 Å². The lowest BCUT2D eigenvalue weighted by Gasteiger charge is -2.20. The number of hydrogen-bond acceptors (Lipinski definition) is 3. The molecule has 1 N–H and O–H groups in total. The topological polar surface area (TPSA) is 32.7 Å². The molecule has 0 bridgehead atoms. The van der Waals surface area contributed by atoms with E-state index in [1.54, 1.807) is 13.2 Å². The number of nitrogens with zero attached hydrogens (tertiary/aromatic N) is 1. The monoisotopic (exact) mass is 271 g/mol. The average molecular weight is 271 g/mol. The minimum absolute atomic E-state index is 0.265. The van der Waals surface area contributed by atoms with Crippen LogP contribution in [0.1, 0.15) is 18.1 Å². The van der Waals surface area contributed by atoms with Crippen LogP contribution in [0.15, 0.2) is 42.5 Å². The summed E-state index contributed by atoms with van der Waals surface area (Å²) in [7, 11) is 3.61. The molecule has 106 valence electrons. The summed E-state index contributed by atoms with van der Waals surface area (Å²) in [6, 6.07) is 13.9. The Balaban J connectivity index is 2.12. The number of methoxy groups -OCH3 is 1. The van der Waals surface area contributed by atoms with Gasteiger partial charge in [-0.1, -0.05) is 19.1 Å². The van der Waals surface area contributed by atoms with E-state index in [0.29, 0.717) is 12.3 Å². The van der Waals surface area contributed by atoms with E-state index in [2.05, 4.69) is 36.1 Å². The normalized spacial score (nSPS) is 10.3. The van der Waals surface area contributed by atoms with Gasteiger partial charge in [-0.15, -0.1) is 0 Å². The maximum absolute atomic E-state index is 9.99. The van der Waals surface area contributed by atoms with Crippen LogP contribution < -0.4 is 9.64 Å². The van der Waals surface area contributed by atoms with Gasteiger partial charge < -0.3 is 14.7 Å². The smallest absolute Gasteiger partial charge is 0.124 e. The molecule has 0 radical (unpaired) electrons. The van der Waals surface area contributed by atoms with Crippen molar-refractivity contribution in [1.82, 2.24) is 0 Å². The van der Waals surface area contributed by atoms with E-state index in [1.165, 1.54) is 5.56 Å². The highest BCUT2D eigenvalue weighted by atomic mass is 16.5. The Kier molecular flexibility index (Phi) is 4.51. The molecule has 0 fully saturated rings. The molecule has 2 rings (SSSR count). The predicted molar refractivity (Wildman–Crippen MR) is 82.6 cm³/mol. The van der Waals surface area contributed by atoms with Gasteiger partial charge in [0.05, 0.1) is 7.11 Å². The quantitative estimate of drug-likeness (QED) is 0.902. The number of anilines is 1. The molecule has 0 aliphatic rings. The van der Waals surface area contributed by atoms with E-state index in [4.69, 9.17) is 4.74 Å². The molecular formula is C17H21NO2. The first-order valence-electron chi connectivity index (χ1n) is 6.80. The van der Waals surface area contributed by atoms with Crippen molar-refractivity contribution in [2.75, 3.05) is 19.1 Å². The number of phenols is 1. The first-order valence-corrected chi connectivity index (χ1v) is 6.80. The fraction of sp³-hybridized carbons (Fsp3) is 0.294. The standard InChI is InChI=1S/C17H21NO2/c1-4-13-5-8-15(9-6-13)18(2)12-14-7-10-16(20-3)11-17(14)19/h5-11,19H,4,12H2,1-3H3. The first-order chi connectivity index (χ1) is 9.63. The summed E-state index contributed by atoms with van der Waals surface area (Å²) in [4.78, 5) is 2.11. The van der Waals surface area contributed by atoms with Crippen molar-refractivity contribution in [2.24, 2.45) is 0 Å². The predicted octanol–water partition coefficient (Wildman–Crippen LogP) is 3.60. The van der Waals surface area contributed by atoms with Gasteiger partial charge in [-0.2, -0.15) is 0 Å². The second kappa shape index (κ2) is 6.33. The Morgan fingerprint density at radius 2 is 1.80 bits per heavy atom. The van der Waals surface area contributed by atoms with Crippen molar-refractivity contribution >= 4 is 5.69 Å². The number of phenolic OH excluding ortho intramolecular Hbond substituents is 1. The second-order valence-corrected chi connectivity index (χ2v) is 4.87. The summed E-state index contributed by atoms with van der Waals surface area (Å²) < 4.78 is 5.09. The molecule has 0 atom stereocenters. The van der Waals surface area contributed by atoms with E-state index < -0.39 is 0 Å². The van der Waals surface area contributed by atoms with Crippen molar-refractivity contribution in [3.63, 3.8) is 0 Å². The van der Waals surface area contributed by atoms with Crippen molar-refractivity contribution in [3.05, 3.63) is 53.6 Å². The Morgan fingerprint density at radius 1 is 1.10 bits per heavy atom. The van der Waals surface area contributed by atoms with Crippen molar-refractivity contribution in [3.8, 4) is 11.5 Å². The maximum Gasteiger partial charge on any atom is 0.124 e. The molecule has 3 heteroatoms. The molecule has 0 unspecified atom stereocenters. The molecule has 0 aliphatic carbocycles. The molecule has 20 heavy (non-hydrogen) atoms. The van der Waals surface area contributed by atoms with Crippen LogP contribution in [-0.4, -0.2) is 19.3 Å². The molecule has 2 aromatic carbocycles. The molecular weight excluding hydrogens is 250 g/mol. The number of hydrogen-bond donors (Lipinski definition) is 1. The maximum atomic E-state index is 9.99. The minimum atomic E-state index is 0.265. The van der Waals surface area contributed by atoms with E-state index in [1.807, 2.05) is 19.2 Å². The van der Waals surface area contributed by atoms with Gasteiger partial charge in [-0.05, 0) is 36.2 Å². The number of rotatable bonds is 5. The molecule has 0 aliphatic heterocycles. The zero-order chi connectivity index (χ0) is 14.5. The molecule has 0 amide bonds. The van der Waals surface area contributed by atoms with E-state index in [0.717, 1.165) is 17.7 Å². The highest BCUT2D eigenvalue weighted by Gasteiger charge is 2.07. The highest BCUT2D eigenvalue weighted by Crippen LogP contribution is 2.26. The lowest BCUT2D eigenvalue weighted by molar-refractivity contribution is 0.406. The van der Waals surface area contributed by atoms with Crippen LogP contribution in [0.25, 0.3) is 0 Å². The Labute approximate surface area is 120 Å². The zero-order valence-corrected chi connectivity index (χ0v) is 12.3. The molecule has 0 spiro atoms. The fourth-order valence-electron chi connectivity index (χ4n) is 2.14. The lowest BCUT2D eigenvalue weighted by atomic mass is 10.1. The molecule has 0 aromatic heterocycles. The highest BCUT2D eigenvalue weighted by molar-refractivity contribution is 5.49. The van der Waals surface area contributed by atoms with Crippen LogP contribution in [0.3, 0.4) is 0 Å². The van der Waals surface area contributed by atoms with Gasteiger partial charge in [-0.25, -0.2) is 0 Å². The third kappa shape index (κ3) is 3.23. The summed E-state index contributed by atoms with van der Waals surface area (Å²) >= 11 is 0. The molecule has 0 heterocycles. The summed E-state index contributed by atoms with van der Waals surface area (Å²) in [5.41, 5.74) is 3.35. The van der Waals surface area contributed by atoms with Crippen LogP contribution >= 0.6 is 0 Å². The number of aromatic hydroxyl groups is 1. The van der Waals surface area contributed by atoms with Gasteiger partial charge in [0.2, 0.25) is 0 Å². The van der Waals surface area contributed by atoms with Crippen LogP contribution in [0.5, 0.6) is 11.5 Å². The number of ether oxygens (including phenoxy) is 1. The Bertz CT molecular complexity index is 564. The SMILES string of the molecule is CCc1ccc(N(C)Cc2ccc(OC)cc2O)cc1. The minimum Gasteiger partial charge on any atom is -0.507 e. The van der Waals surface area contributed by atoms with Gasteiger partial charge in [0, 0.05) is 30.9 Å². The van der Waals surface area contributed by atoms with Crippen molar-refractivity contribution < 1.29 is 9.84 Å². The summed E-state index contributed by atoms with van der Waals surface area (Å²) in [6.45, 7) is 2.80. The van der Waals surface area contributed by atoms with E-state index >= 15 is 0 Å². The Morgan fingerprint density at radius 3 is 2.35 bits per heavy atom. The van der Waals surface area contributed by atoms with Gasteiger partial charge >= 0.3 is 0 Å². The molecule has 0 saturated carbocycles. The number of benzene rings is 2. The summed E-state index contributed by atoms with van der Waals surface area (Å²) in [5, 5.41) is 9.99. The molecule has 3 nitrogen and oxygen atoms in total. The lowest BCUT2D eigenvalue weighted by Crippen LogP contribution is -2.16. The third-order valence-corrected chi connectivity index (χ3v) is 3.49. The number of aryl methyl sites for hydroxylation is 1. The van der Waals surface area contributed by atoms with Crippen molar-refractivity contribution in [1.29, 1.82) is 0 Å². The molecule has 0 saturated heterocycles. The van der Waals surface area contributed by atoms with Crippen LogP contribution in [0, 0.1) is 0 Å². The van der Waals surface area contributed by atoms with E-state index in [-0.39, 0.29) is 5.75 Å². The van der Waals surface area contributed by atoms with Gasteiger partial charge in [0.15, 0.2) is 0 Å². The second-order valence-electron chi connectivity index (χ2n) is 4.87. The third-order valence-electron chi connectivity index (χ3n) is 3.49. The van der Waals surface area contributed by atoms with Crippen LogP contribution in [0.2, 0.25) is 0 Å².